The van der Waals surface area contributed by atoms with Gasteiger partial charge in [0.25, 0.3) is 0 Å². The van der Waals surface area contributed by atoms with Crippen LogP contribution in [0.2, 0.25) is 0 Å². The molecule has 13 heavy (non-hydrogen) atoms. The van der Waals surface area contributed by atoms with Crippen LogP contribution in [0.15, 0.2) is 55.1 Å². The Morgan fingerprint density at radius 2 is 1.85 bits per heavy atom. The predicted molar refractivity (Wildman–Crippen MR) is 59.6 cm³/mol. The molecule has 0 fully saturated rings. The second-order valence-electron chi connectivity index (χ2n) is 2.84. The van der Waals surface area contributed by atoms with Crippen LogP contribution in [-0.2, 0) is 0 Å². The topological polar surface area (TPSA) is 0 Å². The summed E-state index contributed by atoms with van der Waals surface area (Å²) in [6.07, 6.45) is 9.76. The standard InChI is InChI=1S/C13H14/c1-3-4-5-6-10-13-11-8-7-9-12(13)2/h3-11H,1H2,2H3/b5-4+,10-6-. The van der Waals surface area contributed by atoms with Crippen LogP contribution in [0.3, 0.4) is 0 Å². The molecule has 0 nitrogen and oxygen atoms in total. The molecule has 0 atom stereocenters. The Hall–Kier alpha value is -1.56. The molecule has 0 radical (unpaired) electrons. The Labute approximate surface area is 79.9 Å². The third kappa shape index (κ3) is 3.12. The number of benzene rings is 1. The van der Waals surface area contributed by atoms with Crippen LogP contribution in [0.25, 0.3) is 6.08 Å². The molecule has 0 N–H and O–H groups in total. The van der Waals surface area contributed by atoms with Gasteiger partial charge in [0.15, 0.2) is 0 Å². The van der Waals surface area contributed by atoms with Crippen molar-refractivity contribution in [3.63, 3.8) is 0 Å². The first-order valence-corrected chi connectivity index (χ1v) is 4.36. The lowest BCUT2D eigenvalue weighted by Gasteiger charge is -1.96. The predicted octanol–water partition coefficient (Wildman–Crippen LogP) is 3.75. The SMILES string of the molecule is C=C/C=C/C=C\c1ccccc1C. The highest BCUT2D eigenvalue weighted by molar-refractivity contribution is 5.54. The molecule has 0 bridgehead atoms. The van der Waals surface area contributed by atoms with E-state index in [9.17, 15) is 0 Å². The normalized spacial score (nSPS) is 11.2. The Morgan fingerprint density at radius 1 is 1.08 bits per heavy atom. The highest BCUT2D eigenvalue weighted by atomic mass is 13.9. The molecule has 0 spiro atoms. The van der Waals surface area contributed by atoms with Crippen LogP contribution < -0.4 is 0 Å². The molecule has 0 unspecified atom stereocenters. The molecule has 0 aliphatic carbocycles. The summed E-state index contributed by atoms with van der Waals surface area (Å²) in [5, 5.41) is 0. The van der Waals surface area contributed by atoms with E-state index in [-0.39, 0.29) is 0 Å². The maximum Gasteiger partial charge on any atom is -0.0227 e. The Balaban J connectivity index is 2.74. The largest absolute Gasteiger partial charge is 0.0991 e. The van der Waals surface area contributed by atoms with Crippen molar-refractivity contribution in [2.45, 2.75) is 6.92 Å². The van der Waals surface area contributed by atoms with Crippen molar-refractivity contribution in [3.8, 4) is 0 Å². The fourth-order valence-corrected chi connectivity index (χ4v) is 1.08. The average molecular weight is 170 g/mol. The second kappa shape index (κ2) is 5.15. The number of aryl methyl sites for hydroxylation is 1. The average Bonchev–Trinajstić information content (AvgIpc) is 2.15. The summed E-state index contributed by atoms with van der Waals surface area (Å²) in [6.45, 7) is 5.71. The van der Waals surface area contributed by atoms with Crippen LogP contribution in [0.4, 0.5) is 0 Å². The zero-order valence-electron chi connectivity index (χ0n) is 7.90. The fourth-order valence-electron chi connectivity index (χ4n) is 1.08. The molecule has 0 saturated heterocycles. The summed E-state index contributed by atoms with van der Waals surface area (Å²) in [5.74, 6) is 0. The minimum Gasteiger partial charge on any atom is -0.0991 e. The quantitative estimate of drug-likeness (QED) is 0.606. The maximum absolute atomic E-state index is 3.60. The molecule has 0 aromatic heterocycles. The zero-order valence-corrected chi connectivity index (χ0v) is 7.90. The lowest BCUT2D eigenvalue weighted by molar-refractivity contribution is 1.44. The lowest BCUT2D eigenvalue weighted by Crippen LogP contribution is -1.76. The summed E-state index contributed by atoms with van der Waals surface area (Å²) in [4.78, 5) is 0. The van der Waals surface area contributed by atoms with E-state index in [1.165, 1.54) is 11.1 Å². The maximum atomic E-state index is 3.60. The van der Waals surface area contributed by atoms with E-state index >= 15 is 0 Å². The molecule has 1 rings (SSSR count). The first-order valence-electron chi connectivity index (χ1n) is 4.36. The van der Waals surface area contributed by atoms with E-state index in [4.69, 9.17) is 0 Å². The van der Waals surface area contributed by atoms with Crippen LogP contribution in [-0.4, -0.2) is 0 Å². The third-order valence-corrected chi connectivity index (χ3v) is 1.82. The van der Waals surface area contributed by atoms with Gasteiger partial charge in [0, 0.05) is 0 Å². The van der Waals surface area contributed by atoms with Crippen molar-refractivity contribution in [2.75, 3.05) is 0 Å². The minimum absolute atomic E-state index is 1.26. The molecular formula is C13H14. The van der Waals surface area contributed by atoms with Gasteiger partial charge in [0.2, 0.25) is 0 Å². The van der Waals surface area contributed by atoms with Crippen LogP contribution in [0.5, 0.6) is 0 Å². The van der Waals surface area contributed by atoms with Gasteiger partial charge in [-0.05, 0) is 18.1 Å². The van der Waals surface area contributed by atoms with Crippen LogP contribution in [0, 0.1) is 6.92 Å². The molecule has 1 aromatic carbocycles. The molecule has 0 heterocycles. The molecule has 0 saturated carbocycles. The van der Waals surface area contributed by atoms with Crippen molar-refractivity contribution in [1.29, 1.82) is 0 Å². The molecule has 0 heteroatoms. The molecule has 0 aliphatic rings. The third-order valence-electron chi connectivity index (χ3n) is 1.82. The summed E-state index contributed by atoms with van der Waals surface area (Å²) < 4.78 is 0. The van der Waals surface area contributed by atoms with Crippen LogP contribution >= 0.6 is 0 Å². The highest BCUT2D eigenvalue weighted by Gasteiger charge is 1.88. The van der Waals surface area contributed by atoms with E-state index < -0.39 is 0 Å². The van der Waals surface area contributed by atoms with Gasteiger partial charge in [-0.25, -0.2) is 0 Å². The van der Waals surface area contributed by atoms with Gasteiger partial charge in [0.1, 0.15) is 0 Å². The number of hydrogen-bond acceptors (Lipinski definition) is 0. The Kier molecular flexibility index (Phi) is 3.77. The number of hydrogen-bond donors (Lipinski definition) is 0. The smallest absolute Gasteiger partial charge is 0.0227 e. The highest BCUT2D eigenvalue weighted by Crippen LogP contribution is 2.08. The number of allylic oxidation sites excluding steroid dienone is 4. The van der Waals surface area contributed by atoms with Crippen LogP contribution in [0.1, 0.15) is 11.1 Å². The Bertz CT molecular complexity index is 330. The summed E-state index contributed by atoms with van der Waals surface area (Å²) in [6, 6.07) is 8.31. The molecule has 0 amide bonds. The van der Waals surface area contributed by atoms with E-state index in [0.717, 1.165) is 0 Å². The van der Waals surface area contributed by atoms with Gasteiger partial charge < -0.3 is 0 Å². The zero-order chi connectivity index (χ0) is 9.52. The summed E-state index contributed by atoms with van der Waals surface area (Å²) in [5.41, 5.74) is 2.56. The Morgan fingerprint density at radius 3 is 2.54 bits per heavy atom. The van der Waals surface area contributed by atoms with Crippen molar-refractivity contribution in [1.82, 2.24) is 0 Å². The molecular weight excluding hydrogens is 156 g/mol. The van der Waals surface area contributed by atoms with Gasteiger partial charge in [-0.2, -0.15) is 0 Å². The molecule has 0 aliphatic heterocycles. The van der Waals surface area contributed by atoms with E-state index in [1.807, 2.05) is 30.4 Å². The molecule has 1 aromatic rings. The molecule has 66 valence electrons. The van der Waals surface area contributed by atoms with Crippen molar-refractivity contribution >= 4 is 6.08 Å². The van der Waals surface area contributed by atoms with Gasteiger partial charge in [-0.3, -0.25) is 0 Å². The van der Waals surface area contributed by atoms with E-state index in [2.05, 4.69) is 31.7 Å². The fraction of sp³-hybridized carbons (Fsp3) is 0.0769. The summed E-state index contributed by atoms with van der Waals surface area (Å²) in [7, 11) is 0. The van der Waals surface area contributed by atoms with Crippen molar-refractivity contribution in [3.05, 3.63) is 66.3 Å². The van der Waals surface area contributed by atoms with Gasteiger partial charge in [-0.15, -0.1) is 0 Å². The second-order valence-corrected chi connectivity index (χ2v) is 2.84. The van der Waals surface area contributed by atoms with Crippen molar-refractivity contribution < 1.29 is 0 Å². The first-order chi connectivity index (χ1) is 6.34. The van der Waals surface area contributed by atoms with E-state index in [0.29, 0.717) is 0 Å². The van der Waals surface area contributed by atoms with Crippen molar-refractivity contribution in [2.24, 2.45) is 0 Å². The van der Waals surface area contributed by atoms with E-state index in [1.54, 1.807) is 6.08 Å². The van der Waals surface area contributed by atoms with Gasteiger partial charge in [-0.1, -0.05) is 61.2 Å². The van der Waals surface area contributed by atoms with Gasteiger partial charge in [0.05, 0.1) is 0 Å². The lowest BCUT2D eigenvalue weighted by atomic mass is 10.1. The van der Waals surface area contributed by atoms with Gasteiger partial charge >= 0.3 is 0 Å². The summed E-state index contributed by atoms with van der Waals surface area (Å²) >= 11 is 0. The number of rotatable bonds is 3. The monoisotopic (exact) mass is 170 g/mol. The minimum atomic E-state index is 1.26. The first kappa shape index (κ1) is 9.53.